The van der Waals surface area contributed by atoms with Gasteiger partial charge in [0.2, 0.25) is 0 Å². The largest absolute Gasteiger partial charge is 0.581 e. The monoisotopic (exact) mass is 206 g/mol. The first-order chi connectivity index (χ1) is 6.13. The maximum absolute atomic E-state index is 9.41. The van der Waals surface area contributed by atoms with E-state index in [9.17, 15) is 20.4 Å². The Balaban J connectivity index is 2.19. The molecule has 6 atom stereocenters. The van der Waals surface area contributed by atoms with Gasteiger partial charge in [-0.25, -0.2) is 0 Å². The molecule has 1 saturated carbocycles. The predicted octanol–water partition coefficient (Wildman–Crippen LogP) is -3.24. The summed E-state index contributed by atoms with van der Waals surface area (Å²) < 4.78 is 9.97. The third kappa shape index (κ3) is 1.33. The van der Waals surface area contributed by atoms with Gasteiger partial charge in [-0.3, -0.25) is 0 Å². The lowest BCUT2D eigenvalue weighted by Gasteiger charge is -2.41. The molecule has 2 aliphatic rings. The molecule has 0 aromatic heterocycles. The highest BCUT2D eigenvalue weighted by Crippen LogP contribution is 2.28. The van der Waals surface area contributed by atoms with Crippen LogP contribution in [0.3, 0.4) is 0 Å². The van der Waals surface area contributed by atoms with E-state index in [0.717, 1.165) is 0 Å². The Bertz CT molecular complexity index is 182. The molecule has 0 unspecified atom stereocenters. The van der Waals surface area contributed by atoms with E-state index in [4.69, 9.17) is 8.85 Å². The quantitative estimate of drug-likeness (QED) is 0.311. The summed E-state index contributed by atoms with van der Waals surface area (Å²) in [5.74, 6) is 0. The normalized spacial score (nSPS) is 56.3. The van der Waals surface area contributed by atoms with Gasteiger partial charge in [0.05, 0.1) is 12.2 Å². The van der Waals surface area contributed by atoms with E-state index in [1.165, 1.54) is 0 Å². The lowest BCUT2D eigenvalue weighted by atomic mass is 9.85. The summed E-state index contributed by atoms with van der Waals surface area (Å²) in [6.45, 7) is 0. The first-order valence-corrected chi connectivity index (χ1v) is 4.73. The van der Waals surface area contributed by atoms with E-state index in [2.05, 4.69) is 0 Å². The molecular weight excluding hydrogens is 196 g/mol. The highest BCUT2D eigenvalue weighted by molar-refractivity contribution is 6.19. The van der Waals surface area contributed by atoms with Crippen molar-refractivity contribution >= 4 is 10.0 Å². The molecule has 0 amide bonds. The molecule has 7 heteroatoms. The van der Waals surface area contributed by atoms with Gasteiger partial charge in [0.15, 0.2) is 0 Å². The Morgan fingerprint density at radius 2 is 1.08 bits per heavy atom. The smallest absolute Gasteiger partial charge is 0.111 e. The van der Waals surface area contributed by atoms with Crippen LogP contribution in [0.1, 0.15) is 0 Å². The molecule has 0 spiro atoms. The Morgan fingerprint density at radius 1 is 0.692 bits per heavy atom. The minimum absolute atomic E-state index is 0.268. The zero-order valence-electron chi connectivity index (χ0n) is 6.57. The SMILES string of the molecule is O[C@@H]1[C@H](O)[C@H](O)[C@@H]2O[Si-]O[C@@H]2[C@@H]1O. The molecule has 13 heavy (non-hydrogen) atoms. The predicted molar refractivity (Wildman–Crippen MR) is 39.5 cm³/mol. The first kappa shape index (κ1) is 9.53. The Kier molecular flexibility index (Phi) is 2.40. The number of aliphatic hydroxyl groups excluding tert-OH is 4. The van der Waals surface area contributed by atoms with E-state index >= 15 is 0 Å². The molecule has 1 aliphatic heterocycles. The van der Waals surface area contributed by atoms with Crippen LogP contribution in [-0.2, 0) is 8.85 Å². The van der Waals surface area contributed by atoms with Crippen LogP contribution in [0.2, 0.25) is 0 Å². The molecule has 2 rings (SSSR count). The molecule has 0 bridgehead atoms. The fourth-order valence-corrected chi connectivity index (χ4v) is 2.42. The number of hydrogen-bond acceptors (Lipinski definition) is 6. The summed E-state index contributed by atoms with van der Waals surface area (Å²) in [6, 6.07) is 0. The van der Waals surface area contributed by atoms with Crippen LogP contribution in [0.5, 0.6) is 0 Å². The lowest BCUT2D eigenvalue weighted by molar-refractivity contribution is -0.192. The first-order valence-electron chi connectivity index (χ1n) is 3.91. The standard InChI is InChI=1S/C6H10O6Si/c7-1-2(8)4(10)6-5(3(1)9)11-13-12-6/h1-10H/q-1/t1-,2+,3-,4+,5-,6+. The molecular formula is C6H10O6Si-. The zero-order chi connectivity index (χ0) is 9.59. The van der Waals surface area contributed by atoms with Crippen LogP contribution < -0.4 is 0 Å². The average molecular weight is 206 g/mol. The van der Waals surface area contributed by atoms with Crippen molar-refractivity contribution in [2.75, 3.05) is 0 Å². The van der Waals surface area contributed by atoms with Gasteiger partial charge < -0.3 is 29.3 Å². The van der Waals surface area contributed by atoms with E-state index in [0.29, 0.717) is 0 Å². The third-order valence-electron chi connectivity index (χ3n) is 2.42. The molecule has 4 N–H and O–H groups in total. The fraction of sp³-hybridized carbons (Fsp3) is 1.00. The number of hydrogen-bond donors (Lipinski definition) is 4. The second-order valence-corrected chi connectivity index (χ2v) is 3.85. The van der Waals surface area contributed by atoms with Gasteiger partial charge in [0, 0.05) is 0 Å². The van der Waals surface area contributed by atoms with Crippen molar-refractivity contribution in [1.29, 1.82) is 0 Å². The van der Waals surface area contributed by atoms with Gasteiger partial charge in [-0.15, -0.1) is 0 Å². The summed E-state index contributed by atoms with van der Waals surface area (Å²) in [4.78, 5) is 0. The van der Waals surface area contributed by atoms with E-state index in [1.807, 2.05) is 0 Å². The minimum Gasteiger partial charge on any atom is -0.581 e. The van der Waals surface area contributed by atoms with Crippen molar-refractivity contribution < 1.29 is 29.3 Å². The summed E-state index contributed by atoms with van der Waals surface area (Å²) >= 11 is 0. The lowest BCUT2D eigenvalue weighted by Crippen LogP contribution is -2.62. The Morgan fingerprint density at radius 3 is 1.46 bits per heavy atom. The van der Waals surface area contributed by atoms with E-state index < -0.39 is 36.6 Å². The number of aliphatic hydroxyl groups is 4. The highest BCUT2D eigenvalue weighted by atomic mass is 28.3. The molecule has 0 aromatic carbocycles. The van der Waals surface area contributed by atoms with Crippen LogP contribution in [0.25, 0.3) is 0 Å². The molecule has 75 valence electrons. The molecule has 1 saturated heterocycles. The molecule has 0 aromatic rings. The molecule has 1 radical (unpaired) electrons. The summed E-state index contributed by atoms with van der Waals surface area (Å²) in [5, 5.41) is 37.4. The van der Waals surface area contributed by atoms with Crippen LogP contribution in [0.15, 0.2) is 0 Å². The maximum atomic E-state index is 9.41. The molecule has 1 aliphatic carbocycles. The summed E-state index contributed by atoms with van der Waals surface area (Å²) in [7, 11) is -0.268. The zero-order valence-corrected chi connectivity index (χ0v) is 7.57. The van der Waals surface area contributed by atoms with Crippen LogP contribution in [0.4, 0.5) is 0 Å². The van der Waals surface area contributed by atoms with Gasteiger partial charge in [-0.05, 0) is 0 Å². The number of fused-ring (bicyclic) bond motifs is 1. The van der Waals surface area contributed by atoms with Gasteiger partial charge >= 0.3 is 0 Å². The highest BCUT2D eigenvalue weighted by Gasteiger charge is 2.48. The summed E-state index contributed by atoms with van der Waals surface area (Å²) in [6.07, 6.45) is -6.68. The van der Waals surface area contributed by atoms with Gasteiger partial charge in [-0.2, -0.15) is 0 Å². The minimum atomic E-state index is -1.39. The maximum Gasteiger partial charge on any atom is 0.111 e. The summed E-state index contributed by atoms with van der Waals surface area (Å²) in [5.41, 5.74) is 0. The number of rotatable bonds is 0. The van der Waals surface area contributed by atoms with Gasteiger partial charge in [0.1, 0.15) is 24.4 Å². The van der Waals surface area contributed by atoms with Gasteiger partial charge in [0.25, 0.3) is 0 Å². The van der Waals surface area contributed by atoms with Crippen molar-refractivity contribution in [2.24, 2.45) is 0 Å². The van der Waals surface area contributed by atoms with E-state index in [1.54, 1.807) is 0 Å². The Labute approximate surface area is 76.8 Å². The van der Waals surface area contributed by atoms with Crippen molar-refractivity contribution in [3.05, 3.63) is 0 Å². The van der Waals surface area contributed by atoms with Crippen molar-refractivity contribution in [3.8, 4) is 0 Å². The third-order valence-corrected chi connectivity index (χ3v) is 3.15. The van der Waals surface area contributed by atoms with Crippen LogP contribution in [-0.4, -0.2) is 67.1 Å². The second-order valence-electron chi connectivity index (χ2n) is 3.21. The topological polar surface area (TPSA) is 99.4 Å². The second kappa shape index (κ2) is 3.28. The fourth-order valence-electron chi connectivity index (χ4n) is 1.59. The average Bonchev–Trinajstić information content (AvgIpc) is 2.59. The van der Waals surface area contributed by atoms with Gasteiger partial charge in [-0.1, -0.05) is 10.0 Å². The Hall–Kier alpha value is -0.0231. The van der Waals surface area contributed by atoms with Crippen LogP contribution in [0, 0.1) is 0 Å². The molecule has 1 heterocycles. The molecule has 6 nitrogen and oxygen atoms in total. The van der Waals surface area contributed by atoms with Crippen molar-refractivity contribution in [3.63, 3.8) is 0 Å². The molecule has 2 fully saturated rings. The van der Waals surface area contributed by atoms with E-state index in [-0.39, 0.29) is 10.0 Å². The van der Waals surface area contributed by atoms with Crippen molar-refractivity contribution in [1.82, 2.24) is 0 Å². The van der Waals surface area contributed by atoms with Crippen molar-refractivity contribution in [2.45, 2.75) is 36.6 Å². The van der Waals surface area contributed by atoms with Crippen LogP contribution >= 0.6 is 0 Å².